The maximum Gasteiger partial charge on any atom is 0.343 e. The van der Waals surface area contributed by atoms with Gasteiger partial charge in [0.1, 0.15) is 6.04 Å². The fourth-order valence-corrected chi connectivity index (χ4v) is 5.62. The number of ether oxygens (including phenoxy) is 1. The van der Waals surface area contributed by atoms with Crippen LogP contribution in [0.15, 0.2) is 30.3 Å². The van der Waals surface area contributed by atoms with Gasteiger partial charge in [0.2, 0.25) is 5.92 Å². The quantitative estimate of drug-likeness (QED) is 0.645. The number of rotatable bonds is 4. The molecule has 5 atom stereocenters. The van der Waals surface area contributed by atoms with Crippen LogP contribution in [0.25, 0.3) is 0 Å². The first-order valence-corrected chi connectivity index (χ1v) is 9.83. The lowest BCUT2D eigenvalue weighted by Gasteiger charge is -2.35. The van der Waals surface area contributed by atoms with E-state index in [2.05, 4.69) is 14.1 Å². The lowest BCUT2D eigenvalue weighted by molar-refractivity contribution is -0.908. The Morgan fingerprint density at radius 2 is 1.93 bits per heavy atom. The molecule has 3 fully saturated rings. The van der Waals surface area contributed by atoms with Crippen molar-refractivity contribution in [1.82, 2.24) is 0 Å². The number of hydrogen-bond acceptors (Lipinski definition) is 3. The SMILES string of the molecule is C[N+]1(C)CC2CC[C@H]1C2OC(=O)[C@](O)(c1ccccc1)[C@@H]1CCC(F)(F)C1. The summed E-state index contributed by atoms with van der Waals surface area (Å²) >= 11 is 0. The van der Waals surface area contributed by atoms with Crippen LogP contribution in [0.5, 0.6) is 0 Å². The highest BCUT2D eigenvalue weighted by Crippen LogP contribution is 2.49. The highest BCUT2D eigenvalue weighted by atomic mass is 19.3. The molecule has 2 bridgehead atoms. The molecule has 3 aliphatic rings. The average Bonchev–Trinajstić information content (AvgIpc) is 3.24. The van der Waals surface area contributed by atoms with Crippen molar-refractivity contribution >= 4 is 5.97 Å². The van der Waals surface area contributed by atoms with Gasteiger partial charge < -0.3 is 14.3 Å². The Kier molecular flexibility index (Phi) is 4.35. The number of piperidine rings is 1. The Hall–Kier alpha value is -1.53. The van der Waals surface area contributed by atoms with E-state index in [1.54, 1.807) is 30.3 Å². The predicted molar refractivity (Wildman–Crippen MR) is 96.0 cm³/mol. The summed E-state index contributed by atoms with van der Waals surface area (Å²) in [6.45, 7) is 0.938. The topological polar surface area (TPSA) is 46.5 Å². The molecular formula is C21H28F2NO3+. The zero-order chi connectivity index (χ0) is 19.4. The first-order valence-electron chi connectivity index (χ1n) is 9.83. The van der Waals surface area contributed by atoms with Crippen molar-refractivity contribution in [3.05, 3.63) is 35.9 Å². The molecule has 0 aromatic heterocycles. The smallest absolute Gasteiger partial charge is 0.343 e. The van der Waals surface area contributed by atoms with Gasteiger partial charge in [-0.2, -0.15) is 0 Å². The normalized spacial score (nSPS) is 35.7. The molecule has 0 amide bonds. The van der Waals surface area contributed by atoms with Crippen LogP contribution in [0.3, 0.4) is 0 Å². The van der Waals surface area contributed by atoms with E-state index in [0.717, 1.165) is 23.9 Å². The molecule has 27 heavy (non-hydrogen) atoms. The lowest BCUT2D eigenvalue weighted by Crippen LogP contribution is -2.50. The minimum absolute atomic E-state index is 0.104. The predicted octanol–water partition coefficient (Wildman–Crippen LogP) is 3.09. The summed E-state index contributed by atoms with van der Waals surface area (Å²) in [5.74, 6) is -4.18. The molecule has 2 saturated carbocycles. The minimum Gasteiger partial charge on any atom is -0.453 e. The van der Waals surface area contributed by atoms with Crippen LogP contribution in [0.1, 0.15) is 37.7 Å². The Morgan fingerprint density at radius 1 is 1.22 bits per heavy atom. The molecule has 1 aromatic rings. The van der Waals surface area contributed by atoms with Gasteiger partial charge >= 0.3 is 5.97 Å². The molecular weight excluding hydrogens is 352 g/mol. The molecule has 1 heterocycles. The zero-order valence-corrected chi connectivity index (χ0v) is 15.9. The van der Waals surface area contributed by atoms with Crippen molar-refractivity contribution < 1.29 is 27.9 Å². The Bertz CT molecular complexity index is 723. The summed E-state index contributed by atoms with van der Waals surface area (Å²) in [6, 6.07) is 8.65. The highest BCUT2D eigenvalue weighted by Gasteiger charge is 2.59. The Labute approximate surface area is 158 Å². The van der Waals surface area contributed by atoms with Crippen molar-refractivity contribution in [2.75, 3.05) is 20.6 Å². The van der Waals surface area contributed by atoms with Gasteiger partial charge in [-0.3, -0.25) is 0 Å². The van der Waals surface area contributed by atoms with Gasteiger partial charge in [-0.15, -0.1) is 0 Å². The van der Waals surface area contributed by atoms with E-state index in [0.29, 0.717) is 5.56 Å². The first-order chi connectivity index (χ1) is 12.6. The number of carbonyl (C=O) groups excluding carboxylic acids is 1. The summed E-state index contributed by atoms with van der Waals surface area (Å²) in [7, 11) is 4.26. The first kappa shape index (κ1) is 18.8. The lowest BCUT2D eigenvalue weighted by atomic mass is 9.80. The van der Waals surface area contributed by atoms with E-state index in [4.69, 9.17) is 4.74 Å². The van der Waals surface area contributed by atoms with Crippen LogP contribution < -0.4 is 0 Å². The number of nitrogens with zero attached hydrogens (tertiary/aromatic N) is 1. The van der Waals surface area contributed by atoms with Gasteiger partial charge in [0.25, 0.3) is 0 Å². The number of aliphatic hydroxyl groups is 1. The van der Waals surface area contributed by atoms with Crippen LogP contribution in [-0.4, -0.2) is 54.3 Å². The molecule has 1 saturated heterocycles. The van der Waals surface area contributed by atoms with Crippen molar-refractivity contribution in [2.24, 2.45) is 11.8 Å². The van der Waals surface area contributed by atoms with Gasteiger partial charge in [0.05, 0.1) is 26.6 Å². The van der Waals surface area contributed by atoms with E-state index in [-0.39, 0.29) is 30.9 Å². The van der Waals surface area contributed by atoms with Gasteiger partial charge in [0, 0.05) is 25.2 Å². The molecule has 6 heteroatoms. The summed E-state index contributed by atoms with van der Waals surface area (Å²) in [5, 5.41) is 11.5. The third kappa shape index (κ3) is 3.07. The van der Waals surface area contributed by atoms with Crippen molar-refractivity contribution in [1.29, 1.82) is 0 Å². The molecule has 2 aliphatic carbocycles. The Morgan fingerprint density at radius 3 is 2.44 bits per heavy atom. The fourth-order valence-electron chi connectivity index (χ4n) is 5.62. The molecule has 1 aromatic carbocycles. The zero-order valence-electron chi connectivity index (χ0n) is 15.9. The Balaban J connectivity index is 1.63. The number of hydrogen-bond donors (Lipinski definition) is 1. The second kappa shape index (κ2) is 6.24. The molecule has 1 N–H and O–H groups in total. The molecule has 0 radical (unpaired) electrons. The fraction of sp³-hybridized carbons (Fsp3) is 0.667. The van der Waals surface area contributed by atoms with E-state index in [1.165, 1.54) is 0 Å². The van der Waals surface area contributed by atoms with Crippen molar-refractivity contribution in [3.63, 3.8) is 0 Å². The second-order valence-corrected chi connectivity index (χ2v) is 9.16. The van der Waals surface area contributed by atoms with E-state index >= 15 is 0 Å². The molecule has 2 unspecified atom stereocenters. The molecule has 0 spiro atoms. The summed E-state index contributed by atoms with van der Waals surface area (Å²) in [5.41, 5.74) is -1.68. The van der Waals surface area contributed by atoms with E-state index < -0.39 is 29.8 Å². The van der Waals surface area contributed by atoms with Crippen LogP contribution >= 0.6 is 0 Å². The van der Waals surface area contributed by atoms with Crippen LogP contribution in [-0.2, 0) is 15.1 Å². The number of likely N-dealkylation sites (tertiary alicyclic amines) is 1. The third-order valence-corrected chi connectivity index (χ3v) is 7.04. The summed E-state index contributed by atoms with van der Waals surface area (Å²) < 4.78 is 34.4. The van der Waals surface area contributed by atoms with Crippen molar-refractivity contribution in [3.8, 4) is 0 Å². The van der Waals surface area contributed by atoms with Crippen LogP contribution in [0, 0.1) is 11.8 Å². The largest absolute Gasteiger partial charge is 0.453 e. The van der Waals surface area contributed by atoms with Gasteiger partial charge in [0.15, 0.2) is 11.7 Å². The number of benzene rings is 1. The minimum atomic E-state index is -2.85. The number of carbonyl (C=O) groups is 1. The number of likely N-dealkylation sites (N-methyl/N-ethyl adjacent to an activating group) is 1. The maximum absolute atomic E-state index is 13.9. The highest BCUT2D eigenvalue weighted by molar-refractivity contribution is 5.82. The average molecular weight is 380 g/mol. The standard InChI is InChI=1S/C21H28F2NO3/c1-24(2)13-14-8-9-17(24)18(14)27-19(25)21(26,15-6-4-3-5-7-15)16-10-11-20(22,23)12-16/h3-7,14,16-18,26H,8-13H2,1-2H3/q+1/t14?,16-,17+,18?,21+/m1/s1. The molecule has 148 valence electrons. The van der Waals surface area contributed by atoms with E-state index in [9.17, 15) is 18.7 Å². The number of fused-ring (bicyclic) bond motifs is 2. The summed E-state index contributed by atoms with van der Waals surface area (Å²) in [6.07, 6.45) is 1.05. The maximum atomic E-state index is 13.9. The van der Waals surface area contributed by atoms with Crippen LogP contribution in [0.2, 0.25) is 0 Å². The molecule has 4 nitrogen and oxygen atoms in total. The number of halogens is 2. The third-order valence-electron chi connectivity index (χ3n) is 7.04. The van der Waals surface area contributed by atoms with Crippen LogP contribution in [0.4, 0.5) is 8.78 Å². The summed E-state index contributed by atoms with van der Waals surface area (Å²) in [4.78, 5) is 13.2. The number of esters is 1. The number of quaternary nitrogens is 1. The van der Waals surface area contributed by atoms with E-state index in [1.807, 2.05) is 0 Å². The molecule has 4 rings (SSSR count). The number of alkyl halides is 2. The van der Waals surface area contributed by atoms with Gasteiger partial charge in [-0.25, -0.2) is 13.6 Å². The van der Waals surface area contributed by atoms with Gasteiger partial charge in [-0.05, 0) is 18.4 Å². The van der Waals surface area contributed by atoms with Crippen molar-refractivity contribution in [2.45, 2.75) is 55.8 Å². The van der Waals surface area contributed by atoms with Gasteiger partial charge in [-0.1, -0.05) is 30.3 Å². The second-order valence-electron chi connectivity index (χ2n) is 9.16. The molecule has 1 aliphatic heterocycles. The monoisotopic (exact) mass is 380 g/mol.